The van der Waals surface area contributed by atoms with E-state index in [1.54, 1.807) is 24.3 Å². The highest BCUT2D eigenvalue weighted by Crippen LogP contribution is 2.41. The Bertz CT molecular complexity index is 913. The molecule has 0 aliphatic carbocycles. The second kappa shape index (κ2) is 6.76. The Morgan fingerprint density at radius 3 is 2.42 bits per heavy atom. The van der Waals surface area contributed by atoms with E-state index >= 15 is 0 Å². The molecule has 3 aromatic rings. The zero-order chi connectivity index (χ0) is 18.1. The molecule has 0 saturated carbocycles. The number of para-hydroxylation sites is 1. The van der Waals surface area contributed by atoms with Gasteiger partial charge in [0.05, 0.1) is 5.52 Å². The van der Waals surface area contributed by atoms with Crippen molar-refractivity contribution in [2.24, 2.45) is 5.92 Å². The van der Waals surface area contributed by atoms with Crippen LogP contribution in [0.15, 0.2) is 54.7 Å². The number of piperidine rings is 1. The van der Waals surface area contributed by atoms with Crippen molar-refractivity contribution in [2.45, 2.75) is 25.7 Å². The molecule has 1 aromatic heterocycles. The summed E-state index contributed by atoms with van der Waals surface area (Å²) in [6, 6.07) is 14.7. The number of fused-ring (bicyclic) bond motifs is 1. The van der Waals surface area contributed by atoms with Crippen molar-refractivity contribution in [1.29, 1.82) is 0 Å². The Morgan fingerprint density at radius 1 is 1.00 bits per heavy atom. The Morgan fingerprint density at radius 2 is 1.69 bits per heavy atom. The molecule has 0 bridgehead atoms. The average Bonchev–Trinajstić information content (AvgIpc) is 2.69. The Labute approximate surface area is 152 Å². The van der Waals surface area contributed by atoms with Gasteiger partial charge in [-0.05, 0) is 50.0 Å². The molecule has 0 radical (unpaired) electrons. The largest absolute Gasteiger partial charge is 0.317 e. The predicted molar refractivity (Wildman–Crippen MR) is 101 cm³/mol. The van der Waals surface area contributed by atoms with Crippen LogP contribution in [-0.2, 0) is 5.92 Å². The lowest BCUT2D eigenvalue weighted by molar-refractivity contribution is -0.0753. The smallest absolute Gasteiger partial charge is 0.276 e. The minimum atomic E-state index is -2.78. The number of halogens is 2. The van der Waals surface area contributed by atoms with Gasteiger partial charge in [-0.3, -0.25) is 4.98 Å². The predicted octanol–water partition coefficient (Wildman–Crippen LogP) is 5.30. The number of nitrogens with zero attached hydrogens (tertiary/aromatic N) is 1. The highest BCUT2D eigenvalue weighted by Gasteiger charge is 2.41. The van der Waals surface area contributed by atoms with Crippen molar-refractivity contribution < 1.29 is 8.78 Å². The van der Waals surface area contributed by atoms with Crippen molar-refractivity contribution in [2.75, 3.05) is 13.1 Å². The maximum absolute atomic E-state index is 14.8. The van der Waals surface area contributed by atoms with E-state index in [1.807, 2.05) is 30.5 Å². The van der Waals surface area contributed by atoms with E-state index in [0.29, 0.717) is 25.9 Å². The molecule has 1 fully saturated rings. The minimum absolute atomic E-state index is 0.111. The summed E-state index contributed by atoms with van der Waals surface area (Å²) in [5.41, 5.74) is 4.09. The van der Waals surface area contributed by atoms with Gasteiger partial charge < -0.3 is 5.32 Å². The second-order valence-electron chi connectivity index (χ2n) is 7.04. The van der Waals surface area contributed by atoms with Crippen LogP contribution in [0.5, 0.6) is 0 Å². The highest BCUT2D eigenvalue weighted by molar-refractivity contribution is 5.88. The quantitative estimate of drug-likeness (QED) is 0.692. The van der Waals surface area contributed by atoms with Crippen LogP contribution >= 0.6 is 0 Å². The molecule has 1 N–H and O–H groups in total. The monoisotopic (exact) mass is 352 g/mol. The van der Waals surface area contributed by atoms with Gasteiger partial charge in [-0.25, -0.2) is 8.78 Å². The van der Waals surface area contributed by atoms with Crippen LogP contribution in [0.1, 0.15) is 24.0 Å². The number of hydrogen-bond acceptors (Lipinski definition) is 2. The van der Waals surface area contributed by atoms with Crippen LogP contribution in [0, 0.1) is 12.8 Å². The van der Waals surface area contributed by atoms with Crippen LogP contribution < -0.4 is 5.32 Å². The molecule has 1 saturated heterocycles. The van der Waals surface area contributed by atoms with Crippen molar-refractivity contribution in [3.8, 4) is 11.1 Å². The van der Waals surface area contributed by atoms with Gasteiger partial charge in [0.25, 0.3) is 5.92 Å². The third kappa shape index (κ3) is 2.99. The zero-order valence-electron chi connectivity index (χ0n) is 14.8. The summed E-state index contributed by atoms with van der Waals surface area (Å²) in [5, 5.41) is 4.24. The van der Waals surface area contributed by atoms with Crippen LogP contribution in [0.3, 0.4) is 0 Å². The molecule has 0 atom stereocenters. The van der Waals surface area contributed by atoms with Gasteiger partial charge in [-0.2, -0.15) is 0 Å². The first kappa shape index (κ1) is 17.1. The normalized spacial score (nSPS) is 16.1. The summed E-state index contributed by atoms with van der Waals surface area (Å²) < 4.78 is 29.6. The fourth-order valence-corrected chi connectivity index (χ4v) is 3.86. The number of benzene rings is 2. The van der Waals surface area contributed by atoms with Crippen LogP contribution in [0.4, 0.5) is 8.78 Å². The lowest BCUT2D eigenvalue weighted by atomic mass is 9.86. The molecule has 26 heavy (non-hydrogen) atoms. The number of rotatable bonds is 3. The summed E-state index contributed by atoms with van der Waals surface area (Å²) in [6.45, 7) is 3.39. The SMILES string of the molecule is Cc1c(-c2ccc(C(F)(F)C3CCNCC3)cc2)cnc2ccccc12. The Kier molecular flexibility index (Phi) is 4.45. The van der Waals surface area contributed by atoms with E-state index in [2.05, 4.69) is 17.2 Å². The van der Waals surface area contributed by atoms with Gasteiger partial charge in [0.2, 0.25) is 0 Å². The second-order valence-corrected chi connectivity index (χ2v) is 7.04. The molecule has 4 heteroatoms. The third-order valence-electron chi connectivity index (χ3n) is 5.48. The van der Waals surface area contributed by atoms with Crippen LogP contribution in [-0.4, -0.2) is 18.1 Å². The molecule has 0 unspecified atom stereocenters. The summed E-state index contributed by atoms with van der Waals surface area (Å²) in [5.74, 6) is -3.37. The maximum atomic E-state index is 14.8. The van der Waals surface area contributed by atoms with E-state index in [-0.39, 0.29) is 5.56 Å². The van der Waals surface area contributed by atoms with Gasteiger partial charge in [-0.15, -0.1) is 0 Å². The van der Waals surface area contributed by atoms with Gasteiger partial charge >= 0.3 is 0 Å². The molecule has 2 heterocycles. The lowest BCUT2D eigenvalue weighted by Gasteiger charge is -2.30. The Hall–Kier alpha value is -2.33. The molecule has 2 nitrogen and oxygen atoms in total. The molecule has 134 valence electrons. The van der Waals surface area contributed by atoms with Gasteiger partial charge in [0.15, 0.2) is 0 Å². The van der Waals surface area contributed by atoms with E-state index in [4.69, 9.17) is 0 Å². The summed E-state index contributed by atoms with van der Waals surface area (Å²) in [7, 11) is 0. The molecule has 0 spiro atoms. The van der Waals surface area contributed by atoms with Crippen molar-refractivity contribution >= 4 is 10.9 Å². The number of aromatic nitrogens is 1. The number of aryl methyl sites for hydroxylation is 1. The van der Waals surface area contributed by atoms with Crippen molar-refractivity contribution in [1.82, 2.24) is 10.3 Å². The van der Waals surface area contributed by atoms with Crippen LogP contribution in [0.2, 0.25) is 0 Å². The minimum Gasteiger partial charge on any atom is -0.317 e. The zero-order valence-corrected chi connectivity index (χ0v) is 14.8. The summed E-state index contributed by atoms with van der Waals surface area (Å²) >= 11 is 0. The summed E-state index contributed by atoms with van der Waals surface area (Å²) in [4.78, 5) is 4.51. The number of nitrogens with one attached hydrogen (secondary N) is 1. The molecule has 1 aliphatic rings. The fourth-order valence-electron chi connectivity index (χ4n) is 3.86. The number of pyridine rings is 1. The molecule has 0 amide bonds. The molecule has 4 rings (SSSR count). The Balaban J connectivity index is 1.67. The average molecular weight is 352 g/mol. The molecule has 1 aliphatic heterocycles. The third-order valence-corrected chi connectivity index (χ3v) is 5.48. The topological polar surface area (TPSA) is 24.9 Å². The van der Waals surface area contributed by atoms with Crippen molar-refractivity contribution in [3.05, 3.63) is 65.9 Å². The van der Waals surface area contributed by atoms with E-state index in [9.17, 15) is 8.78 Å². The molecular weight excluding hydrogens is 330 g/mol. The standard InChI is InChI=1S/C22H22F2N2/c1-15-19-4-2-3-5-21(19)26-14-20(15)16-6-8-17(9-7-16)22(23,24)18-10-12-25-13-11-18/h2-9,14,18,25H,10-13H2,1H3. The van der Waals surface area contributed by atoms with E-state index in [0.717, 1.165) is 27.6 Å². The van der Waals surface area contributed by atoms with Gasteiger partial charge in [0, 0.05) is 28.6 Å². The first-order valence-electron chi connectivity index (χ1n) is 9.11. The number of hydrogen-bond donors (Lipinski definition) is 1. The van der Waals surface area contributed by atoms with Crippen LogP contribution in [0.25, 0.3) is 22.0 Å². The molecule has 2 aromatic carbocycles. The fraction of sp³-hybridized carbons (Fsp3) is 0.318. The van der Waals surface area contributed by atoms with E-state index in [1.165, 1.54) is 0 Å². The number of alkyl halides is 2. The first-order valence-corrected chi connectivity index (χ1v) is 9.11. The summed E-state index contributed by atoms with van der Waals surface area (Å²) in [6.07, 6.45) is 2.86. The molecular formula is C22H22F2N2. The highest BCUT2D eigenvalue weighted by atomic mass is 19.3. The lowest BCUT2D eigenvalue weighted by Crippen LogP contribution is -2.36. The maximum Gasteiger partial charge on any atom is 0.276 e. The first-order chi connectivity index (χ1) is 12.6. The van der Waals surface area contributed by atoms with E-state index < -0.39 is 11.8 Å². The van der Waals surface area contributed by atoms with Gasteiger partial charge in [-0.1, -0.05) is 42.5 Å². The van der Waals surface area contributed by atoms with Gasteiger partial charge in [0.1, 0.15) is 0 Å². The van der Waals surface area contributed by atoms with Crippen molar-refractivity contribution in [3.63, 3.8) is 0 Å².